The molecule has 0 atom stereocenters. The SMILES string of the molecule is COc1ccc(C(=O)N2CCCN(C(=O)c3ccccc3O)CC2)cc1. The van der Waals surface area contributed by atoms with E-state index in [-0.39, 0.29) is 17.6 Å². The Hall–Kier alpha value is -3.02. The highest BCUT2D eigenvalue weighted by atomic mass is 16.5. The number of carbonyl (C=O) groups is 2. The quantitative estimate of drug-likeness (QED) is 0.919. The smallest absolute Gasteiger partial charge is 0.257 e. The normalized spacial score (nSPS) is 14.7. The van der Waals surface area contributed by atoms with Crippen molar-refractivity contribution < 1.29 is 19.4 Å². The standard InChI is InChI=1S/C20H22N2O4/c1-26-16-9-7-15(8-10-16)19(24)21-11-4-12-22(14-13-21)20(25)17-5-2-3-6-18(17)23/h2-3,5-10,23H,4,11-14H2,1H3. The number of amides is 2. The lowest BCUT2D eigenvalue weighted by atomic mass is 10.1. The van der Waals surface area contributed by atoms with E-state index < -0.39 is 0 Å². The van der Waals surface area contributed by atoms with Gasteiger partial charge in [-0.25, -0.2) is 0 Å². The van der Waals surface area contributed by atoms with Crippen molar-refractivity contribution in [1.29, 1.82) is 0 Å². The third kappa shape index (κ3) is 3.79. The largest absolute Gasteiger partial charge is 0.507 e. The van der Waals surface area contributed by atoms with Gasteiger partial charge in [-0.3, -0.25) is 9.59 Å². The average Bonchev–Trinajstić information content (AvgIpc) is 2.93. The van der Waals surface area contributed by atoms with Crippen LogP contribution in [0.5, 0.6) is 11.5 Å². The molecule has 0 radical (unpaired) electrons. The number of rotatable bonds is 3. The molecule has 0 aliphatic carbocycles. The molecule has 0 bridgehead atoms. The number of methoxy groups -OCH3 is 1. The fourth-order valence-electron chi connectivity index (χ4n) is 3.06. The highest BCUT2D eigenvalue weighted by molar-refractivity contribution is 5.97. The molecule has 6 heteroatoms. The van der Waals surface area contributed by atoms with Crippen molar-refractivity contribution in [3.05, 3.63) is 59.7 Å². The number of para-hydroxylation sites is 1. The van der Waals surface area contributed by atoms with Gasteiger partial charge in [0.15, 0.2) is 0 Å². The lowest BCUT2D eigenvalue weighted by molar-refractivity contribution is 0.0717. The molecule has 3 rings (SSSR count). The number of hydrogen-bond donors (Lipinski definition) is 1. The summed E-state index contributed by atoms with van der Waals surface area (Å²) in [7, 11) is 1.59. The van der Waals surface area contributed by atoms with Crippen molar-refractivity contribution in [2.75, 3.05) is 33.3 Å². The van der Waals surface area contributed by atoms with Crippen molar-refractivity contribution in [3.8, 4) is 11.5 Å². The topological polar surface area (TPSA) is 70.1 Å². The summed E-state index contributed by atoms with van der Waals surface area (Å²) >= 11 is 0. The summed E-state index contributed by atoms with van der Waals surface area (Å²) in [5.74, 6) is 0.427. The number of aromatic hydroxyl groups is 1. The third-order valence-electron chi connectivity index (χ3n) is 4.54. The lowest BCUT2D eigenvalue weighted by Gasteiger charge is -2.22. The first kappa shape index (κ1) is 17.8. The maximum Gasteiger partial charge on any atom is 0.257 e. The second kappa shape index (κ2) is 7.91. The summed E-state index contributed by atoms with van der Waals surface area (Å²) in [6.07, 6.45) is 0.696. The van der Waals surface area contributed by atoms with E-state index in [0.29, 0.717) is 49.5 Å². The summed E-state index contributed by atoms with van der Waals surface area (Å²) in [5, 5.41) is 9.89. The Labute approximate surface area is 152 Å². The molecular formula is C20H22N2O4. The Balaban J connectivity index is 1.67. The first-order valence-electron chi connectivity index (χ1n) is 8.61. The van der Waals surface area contributed by atoms with Gasteiger partial charge in [0.25, 0.3) is 11.8 Å². The summed E-state index contributed by atoms with van der Waals surface area (Å²) < 4.78 is 5.12. The van der Waals surface area contributed by atoms with Gasteiger partial charge in [0.05, 0.1) is 12.7 Å². The Morgan fingerprint density at radius 3 is 2.12 bits per heavy atom. The molecule has 2 amide bonds. The summed E-state index contributed by atoms with van der Waals surface area (Å²) in [6.45, 7) is 2.05. The molecular weight excluding hydrogens is 332 g/mol. The highest BCUT2D eigenvalue weighted by Crippen LogP contribution is 2.19. The maximum absolute atomic E-state index is 12.7. The lowest BCUT2D eigenvalue weighted by Crippen LogP contribution is -2.37. The average molecular weight is 354 g/mol. The molecule has 2 aromatic rings. The van der Waals surface area contributed by atoms with Crippen LogP contribution in [0.1, 0.15) is 27.1 Å². The minimum absolute atomic E-state index is 0.0205. The first-order valence-corrected chi connectivity index (χ1v) is 8.61. The van der Waals surface area contributed by atoms with Gasteiger partial charge in [-0.15, -0.1) is 0 Å². The van der Waals surface area contributed by atoms with E-state index in [1.807, 2.05) is 0 Å². The van der Waals surface area contributed by atoms with E-state index in [0.717, 1.165) is 0 Å². The van der Waals surface area contributed by atoms with Gasteiger partial charge in [-0.05, 0) is 42.8 Å². The summed E-state index contributed by atoms with van der Waals surface area (Å²) in [4.78, 5) is 28.8. The van der Waals surface area contributed by atoms with Gasteiger partial charge in [-0.1, -0.05) is 12.1 Å². The molecule has 2 aromatic carbocycles. The Bertz CT molecular complexity index is 789. The number of nitrogens with zero attached hydrogens (tertiary/aromatic N) is 2. The van der Waals surface area contributed by atoms with Crippen LogP contribution in [0.25, 0.3) is 0 Å². The molecule has 26 heavy (non-hydrogen) atoms. The molecule has 0 saturated carbocycles. The van der Waals surface area contributed by atoms with Crippen LogP contribution < -0.4 is 4.74 Å². The zero-order valence-electron chi connectivity index (χ0n) is 14.7. The molecule has 0 unspecified atom stereocenters. The predicted octanol–water partition coefficient (Wildman–Crippen LogP) is 2.39. The van der Waals surface area contributed by atoms with E-state index in [1.165, 1.54) is 6.07 Å². The van der Waals surface area contributed by atoms with E-state index in [9.17, 15) is 14.7 Å². The van der Waals surface area contributed by atoms with Crippen molar-refractivity contribution in [3.63, 3.8) is 0 Å². The summed E-state index contributed by atoms with van der Waals surface area (Å²) in [5.41, 5.74) is 0.897. The molecule has 1 N–H and O–H groups in total. The fourth-order valence-corrected chi connectivity index (χ4v) is 3.06. The Kier molecular flexibility index (Phi) is 5.41. The van der Waals surface area contributed by atoms with Crippen LogP contribution in [0.2, 0.25) is 0 Å². The Morgan fingerprint density at radius 1 is 0.885 bits per heavy atom. The predicted molar refractivity (Wildman–Crippen MR) is 97.5 cm³/mol. The molecule has 1 aliphatic rings. The van der Waals surface area contributed by atoms with Crippen LogP contribution in [0.4, 0.5) is 0 Å². The van der Waals surface area contributed by atoms with Crippen molar-refractivity contribution in [2.24, 2.45) is 0 Å². The maximum atomic E-state index is 12.7. The summed E-state index contributed by atoms with van der Waals surface area (Å²) in [6, 6.07) is 13.5. The number of phenols is 1. The van der Waals surface area contributed by atoms with Crippen LogP contribution in [-0.4, -0.2) is 60.0 Å². The second-order valence-corrected chi connectivity index (χ2v) is 6.18. The molecule has 0 spiro atoms. The zero-order valence-corrected chi connectivity index (χ0v) is 14.7. The van der Waals surface area contributed by atoms with Crippen LogP contribution in [-0.2, 0) is 0 Å². The number of carbonyl (C=O) groups excluding carboxylic acids is 2. The molecule has 1 aliphatic heterocycles. The highest BCUT2D eigenvalue weighted by Gasteiger charge is 2.24. The third-order valence-corrected chi connectivity index (χ3v) is 4.54. The minimum atomic E-state index is -0.207. The zero-order chi connectivity index (χ0) is 18.5. The molecule has 0 aromatic heterocycles. The van der Waals surface area contributed by atoms with E-state index in [2.05, 4.69) is 0 Å². The molecule has 136 valence electrons. The first-order chi connectivity index (χ1) is 12.6. The van der Waals surface area contributed by atoms with Gasteiger partial charge in [0.2, 0.25) is 0 Å². The monoisotopic (exact) mass is 354 g/mol. The number of benzene rings is 2. The van der Waals surface area contributed by atoms with Crippen LogP contribution in [0.15, 0.2) is 48.5 Å². The van der Waals surface area contributed by atoms with E-state index >= 15 is 0 Å². The van der Waals surface area contributed by atoms with Gasteiger partial charge in [0, 0.05) is 31.7 Å². The minimum Gasteiger partial charge on any atom is -0.507 e. The van der Waals surface area contributed by atoms with Gasteiger partial charge in [-0.2, -0.15) is 0 Å². The molecule has 1 fully saturated rings. The van der Waals surface area contributed by atoms with Crippen molar-refractivity contribution in [2.45, 2.75) is 6.42 Å². The fraction of sp³-hybridized carbons (Fsp3) is 0.300. The Morgan fingerprint density at radius 2 is 1.50 bits per heavy atom. The number of hydrogen-bond acceptors (Lipinski definition) is 4. The molecule has 1 saturated heterocycles. The second-order valence-electron chi connectivity index (χ2n) is 6.18. The van der Waals surface area contributed by atoms with Crippen LogP contribution >= 0.6 is 0 Å². The van der Waals surface area contributed by atoms with Gasteiger partial charge < -0.3 is 19.6 Å². The van der Waals surface area contributed by atoms with Gasteiger partial charge in [0.1, 0.15) is 11.5 Å². The number of phenolic OH excluding ortho intramolecular Hbond substituents is 1. The molecule has 6 nitrogen and oxygen atoms in total. The van der Waals surface area contributed by atoms with Crippen LogP contribution in [0, 0.1) is 0 Å². The molecule has 1 heterocycles. The van der Waals surface area contributed by atoms with Gasteiger partial charge >= 0.3 is 0 Å². The van der Waals surface area contributed by atoms with E-state index in [1.54, 1.807) is 59.4 Å². The van der Waals surface area contributed by atoms with Crippen molar-refractivity contribution >= 4 is 11.8 Å². The van der Waals surface area contributed by atoms with Crippen LogP contribution in [0.3, 0.4) is 0 Å². The van der Waals surface area contributed by atoms with E-state index in [4.69, 9.17) is 4.74 Å². The van der Waals surface area contributed by atoms with Crippen molar-refractivity contribution in [1.82, 2.24) is 9.80 Å². The number of ether oxygens (including phenoxy) is 1.